The Morgan fingerprint density at radius 2 is 2.03 bits per heavy atom. The van der Waals surface area contributed by atoms with Gasteiger partial charge in [-0.1, -0.05) is 12.1 Å². The lowest BCUT2D eigenvalue weighted by Crippen LogP contribution is -2.42. The molecule has 1 aliphatic heterocycles. The van der Waals surface area contributed by atoms with Crippen molar-refractivity contribution in [2.24, 2.45) is 0 Å². The summed E-state index contributed by atoms with van der Waals surface area (Å²) in [7, 11) is 0. The van der Waals surface area contributed by atoms with E-state index in [0.29, 0.717) is 30.6 Å². The number of hydrogen-bond donors (Lipinski definition) is 4. The van der Waals surface area contributed by atoms with Crippen LogP contribution in [0.4, 0.5) is 27.5 Å². The molecular weight excluding hydrogens is 373 g/mol. The number of hydrogen-bond acceptors (Lipinski definition) is 8. The number of benzene rings is 1. The van der Waals surface area contributed by atoms with E-state index in [2.05, 4.69) is 30.9 Å². The van der Waals surface area contributed by atoms with Crippen LogP contribution in [0.1, 0.15) is 0 Å². The van der Waals surface area contributed by atoms with Gasteiger partial charge in [0.05, 0.1) is 25.1 Å². The molecule has 4 rings (SSSR count). The highest BCUT2D eigenvalue weighted by molar-refractivity contribution is 5.79. The van der Waals surface area contributed by atoms with Crippen LogP contribution in [0.15, 0.2) is 48.9 Å². The fourth-order valence-electron chi connectivity index (χ4n) is 3.06. The molecule has 150 valence electrons. The Bertz CT molecular complexity index is 961. The third-order valence-corrected chi connectivity index (χ3v) is 4.49. The lowest BCUT2D eigenvalue weighted by molar-refractivity contribution is 0.0372. The van der Waals surface area contributed by atoms with Crippen molar-refractivity contribution >= 4 is 23.1 Å². The second kappa shape index (κ2) is 8.80. The van der Waals surface area contributed by atoms with Gasteiger partial charge in [-0.05, 0) is 17.7 Å². The molecule has 1 saturated heterocycles. The van der Waals surface area contributed by atoms with Gasteiger partial charge in [-0.25, -0.2) is 19.3 Å². The van der Waals surface area contributed by atoms with Gasteiger partial charge < -0.3 is 26.4 Å². The third-order valence-electron chi connectivity index (χ3n) is 4.49. The van der Waals surface area contributed by atoms with Crippen LogP contribution in [0.2, 0.25) is 0 Å². The fraction of sp³-hybridized carbons (Fsp3) is 0.250. The number of halogens is 1. The highest BCUT2D eigenvalue weighted by atomic mass is 19.1. The Kier molecular flexibility index (Phi) is 5.78. The van der Waals surface area contributed by atoms with Crippen LogP contribution < -0.4 is 21.7 Å². The molecule has 5 N–H and O–H groups in total. The number of anilines is 4. The van der Waals surface area contributed by atoms with Crippen LogP contribution in [0.5, 0.6) is 0 Å². The van der Waals surface area contributed by atoms with Crippen molar-refractivity contribution in [3.05, 3.63) is 54.7 Å². The van der Waals surface area contributed by atoms with E-state index < -0.39 is 0 Å². The van der Waals surface area contributed by atoms with Gasteiger partial charge in [-0.2, -0.15) is 0 Å². The summed E-state index contributed by atoms with van der Waals surface area (Å²) in [5.74, 6) is 1.14. The largest absolute Gasteiger partial charge is 0.382 e. The molecule has 0 radical (unpaired) electrons. The molecule has 29 heavy (non-hydrogen) atoms. The van der Waals surface area contributed by atoms with E-state index in [-0.39, 0.29) is 11.9 Å². The van der Waals surface area contributed by atoms with E-state index >= 15 is 0 Å². The molecule has 2 aromatic heterocycles. The van der Waals surface area contributed by atoms with E-state index in [1.807, 2.05) is 12.1 Å². The number of nitrogens with zero attached hydrogens (tertiary/aromatic N) is 3. The molecule has 1 fully saturated rings. The van der Waals surface area contributed by atoms with Gasteiger partial charge in [0.25, 0.3) is 0 Å². The second-order valence-electron chi connectivity index (χ2n) is 6.65. The predicted octanol–water partition coefficient (Wildman–Crippen LogP) is 2.40. The molecule has 8 nitrogen and oxygen atoms in total. The monoisotopic (exact) mass is 395 g/mol. The molecule has 0 bridgehead atoms. The number of aromatic nitrogens is 3. The lowest BCUT2D eigenvalue weighted by atomic mass is 10.1. The van der Waals surface area contributed by atoms with Crippen LogP contribution in [-0.4, -0.2) is 47.3 Å². The molecule has 3 aromatic rings. The quantitative estimate of drug-likeness (QED) is 0.504. The van der Waals surface area contributed by atoms with Crippen LogP contribution >= 0.6 is 0 Å². The van der Waals surface area contributed by atoms with E-state index in [4.69, 9.17) is 10.5 Å². The van der Waals surface area contributed by atoms with Crippen molar-refractivity contribution in [1.29, 1.82) is 0 Å². The van der Waals surface area contributed by atoms with Crippen LogP contribution in [0, 0.1) is 5.82 Å². The van der Waals surface area contributed by atoms with Crippen LogP contribution in [0.3, 0.4) is 0 Å². The van der Waals surface area contributed by atoms with Crippen LogP contribution in [-0.2, 0) is 4.74 Å². The molecular formula is C20H22FN7O. The summed E-state index contributed by atoms with van der Waals surface area (Å²) < 4.78 is 19.5. The minimum Gasteiger partial charge on any atom is -0.382 e. The van der Waals surface area contributed by atoms with Crippen molar-refractivity contribution in [2.75, 3.05) is 42.6 Å². The Hall–Kier alpha value is -3.30. The zero-order chi connectivity index (χ0) is 20.1. The number of morpholine rings is 1. The van der Waals surface area contributed by atoms with E-state index in [1.165, 1.54) is 24.5 Å². The average Bonchev–Trinajstić information content (AvgIpc) is 2.75. The standard InChI is InChI=1S/C20H22FN7O/c21-14-3-1-2-13(6-14)16-10-26-19(28-20-12-25-18(22)11-27-20)7-17(16)24-9-15-8-23-4-5-29-15/h1-3,6-7,10-12,15,23H,4-5,8-9H2,(H2,22,25)(H2,24,26,27,28)/t15-/m0/s1. The number of nitrogens with one attached hydrogen (secondary N) is 3. The molecule has 0 saturated carbocycles. The summed E-state index contributed by atoms with van der Waals surface area (Å²) >= 11 is 0. The van der Waals surface area contributed by atoms with E-state index in [1.54, 1.807) is 12.3 Å². The van der Waals surface area contributed by atoms with E-state index in [9.17, 15) is 4.39 Å². The second-order valence-corrected chi connectivity index (χ2v) is 6.65. The van der Waals surface area contributed by atoms with Crippen molar-refractivity contribution in [3.8, 4) is 11.1 Å². The lowest BCUT2D eigenvalue weighted by Gasteiger charge is -2.25. The molecule has 3 heterocycles. The van der Waals surface area contributed by atoms with E-state index in [0.717, 1.165) is 29.9 Å². The third kappa shape index (κ3) is 4.95. The number of rotatable bonds is 6. The molecule has 0 aliphatic carbocycles. The molecule has 1 aromatic carbocycles. The zero-order valence-corrected chi connectivity index (χ0v) is 15.7. The van der Waals surface area contributed by atoms with Gasteiger partial charge in [0.1, 0.15) is 23.3 Å². The minimum atomic E-state index is -0.299. The van der Waals surface area contributed by atoms with Gasteiger partial charge in [0.15, 0.2) is 0 Å². The maximum absolute atomic E-state index is 13.8. The molecule has 0 unspecified atom stereocenters. The first-order valence-corrected chi connectivity index (χ1v) is 9.34. The first-order valence-electron chi connectivity index (χ1n) is 9.34. The fourth-order valence-corrected chi connectivity index (χ4v) is 3.06. The summed E-state index contributed by atoms with van der Waals surface area (Å²) in [5.41, 5.74) is 7.92. The van der Waals surface area contributed by atoms with Gasteiger partial charge in [0, 0.05) is 43.1 Å². The maximum atomic E-state index is 13.8. The molecule has 9 heteroatoms. The Balaban J connectivity index is 1.60. The number of nitrogen functional groups attached to an aromatic ring is 1. The van der Waals surface area contributed by atoms with Crippen molar-refractivity contribution in [1.82, 2.24) is 20.3 Å². The molecule has 1 aliphatic rings. The van der Waals surface area contributed by atoms with Gasteiger partial charge in [0.2, 0.25) is 0 Å². The summed E-state index contributed by atoms with van der Waals surface area (Å²) in [5, 5.41) is 9.82. The topological polar surface area (TPSA) is 110 Å². The van der Waals surface area contributed by atoms with Crippen molar-refractivity contribution < 1.29 is 9.13 Å². The number of nitrogens with two attached hydrogens (primary N) is 1. The van der Waals surface area contributed by atoms with Crippen molar-refractivity contribution in [3.63, 3.8) is 0 Å². The highest BCUT2D eigenvalue weighted by Gasteiger charge is 2.15. The minimum absolute atomic E-state index is 0.0525. The first kappa shape index (κ1) is 19.0. The first-order chi connectivity index (χ1) is 14.2. The SMILES string of the molecule is Nc1cnc(Nc2cc(NC[C@@H]3CNCCO3)c(-c3cccc(F)c3)cn2)cn1. The van der Waals surface area contributed by atoms with Crippen molar-refractivity contribution in [2.45, 2.75) is 6.10 Å². The summed E-state index contributed by atoms with van der Waals surface area (Å²) in [6.45, 7) is 2.93. The molecule has 0 spiro atoms. The predicted molar refractivity (Wildman–Crippen MR) is 110 cm³/mol. The smallest absolute Gasteiger partial charge is 0.150 e. The van der Waals surface area contributed by atoms with Gasteiger partial charge in [-0.3, -0.25) is 0 Å². The van der Waals surface area contributed by atoms with Gasteiger partial charge >= 0.3 is 0 Å². The zero-order valence-electron chi connectivity index (χ0n) is 15.7. The summed E-state index contributed by atoms with van der Waals surface area (Å²) in [4.78, 5) is 12.6. The molecule has 0 amide bonds. The Labute approximate surface area is 167 Å². The average molecular weight is 395 g/mol. The Morgan fingerprint density at radius 3 is 2.79 bits per heavy atom. The highest BCUT2D eigenvalue weighted by Crippen LogP contribution is 2.30. The number of ether oxygens (including phenoxy) is 1. The summed E-state index contributed by atoms with van der Waals surface area (Å²) in [6, 6.07) is 8.29. The normalized spacial score (nSPS) is 16.4. The summed E-state index contributed by atoms with van der Waals surface area (Å²) in [6.07, 6.45) is 4.75. The number of pyridine rings is 1. The van der Waals surface area contributed by atoms with Gasteiger partial charge in [-0.15, -0.1) is 0 Å². The Morgan fingerprint density at radius 1 is 1.14 bits per heavy atom. The maximum Gasteiger partial charge on any atom is 0.150 e. The van der Waals surface area contributed by atoms with Crippen LogP contribution in [0.25, 0.3) is 11.1 Å². The molecule has 1 atom stereocenters.